The Bertz CT molecular complexity index is 147. The first-order valence-electron chi connectivity index (χ1n) is 4.01. The van der Waals surface area contributed by atoms with Crippen LogP contribution in [0.25, 0.3) is 0 Å². The van der Waals surface area contributed by atoms with Gasteiger partial charge >= 0.3 is 0 Å². The van der Waals surface area contributed by atoms with E-state index in [4.69, 9.17) is 0 Å². The van der Waals surface area contributed by atoms with Crippen LogP contribution in [-0.2, 0) is 4.79 Å². The van der Waals surface area contributed by atoms with Crippen LogP contribution in [0, 0.1) is 5.92 Å². The molecule has 11 heavy (non-hydrogen) atoms. The summed E-state index contributed by atoms with van der Waals surface area (Å²) in [6, 6.07) is 0.542. The number of rotatable bonds is 2. The summed E-state index contributed by atoms with van der Waals surface area (Å²) < 4.78 is 0. The van der Waals surface area contributed by atoms with Gasteiger partial charge < -0.3 is 9.80 Å². The van der Waals surface area contributed by atoms with E-state index in [2.05, 4.69) is 25.9 Å². The van der Waals surface area contributed by atoms with Crippen molar-refractivity contribution in [3.8, 4) is 0 Å². The highest BCUT2D eigenvalue weighted by atomic mass is 16.1. The van der Waals surface area contributed by atoms with Gasteiger partial charge in [0.1, 0.15) is 0 Å². The average Bonchev–Trinajstić information content (AvgIpc) is 2.30. The molecule has 0 saturated carbocycles. The van der Waals surface area contributed by atoms with Gasteiger partial charge in [-0.3, -0.25) is 4.79 Å². The van der Waals surface area contributed by atoms with Crippen LogP contribution < -0.4 is 0 Å². The highest BCUT2D eigenvalue weighted by Crippen LogP contribution is 2.17. The maximum absolute atomic E-state index is 10.4. The molecule has 1 heterocycles. The van der Waals surface area contributed by atoms with Crippen LogP contribution in [0.5, 0.6) is 0 Å². The van der Waals surface area contributed by atoms with Crippen LogP contribution in [0.2, 0.25) is 0 Å². The maximum atomic E-state index is 10.4. The molecule has 0 N–H and O–H groups in total. The molecule has 3 nitrogen and oxygen atoms in total. The van der Waals surface area contributed by atoms with Crippen LogP contribution in [-0.4, -0.2) is 49.4 Å². The SMILES string of the molecule is CC1CN(C=O)CC1N(C)C. The Morgan fingerprint density at radius 3 is 2.36 bits per heavy atom. The van der Waals surface area contributed by atoms with E-state index in [-0.39, 0.29) is 0 Å². The molecule has 0 spiro atoms. The van der Waals surface area contributed by atoms with E-state index in [0.717, 1.165) is 19.5 Å². The molecule has 0 radical (unpaired) electrons. The third-order valence-electron chi connectivity index (χ3n) is 2.41. The van der Waals surface area contributed by atoms with E-state index in [1.807, 2.05) is 4.90 Å². The topological polar surface area (TPSA) is 23.6 Å². The van der Waals surface area contributed by atoms with E-state index in [0.29, 0.717) is 12.0 Å². The first kappa shape index (κ1) is 8.53. The third kappa shape index (κ3) is 1.71. The lowest BCUT2D eigenvalue weighted by atomic mass is 10.1. The van der Waals surface area contributed by atoms with Gasteiger partial charge in [-0.05, 0) is 20.0 Å². The Kier molecular flexibility index (Phi) is 2.49. The van der Waals surface area contributed by atoms with E-state index in [1.165, 1.54) is 0 Å². The van der Waals surface area contributed by atoms with Gasteiger partial charge in [-0.2, -0.15) is 0 Å². The molecule has 0 aromatic rings. The van der Waals surface area contributed by atoms with Gasteiger partial charge in [0.15, 0.2) is 0 Å². The van der Waals surface area contributed by atoms with Crippen molar-refractivity contribution >= 4 is 6.41 Å². The highest BCUT2D eigenvalue weighted by molar-refractivity contribution is 5.47. The summed E-state index contributed by atoms with van der Waals surface area (Å²) in [6.07, 6.45) is 0.944. The summed E-state index contributed by atoms with van der Waals surface area (Å²) in [5.41, 5.74) is 0. The summed E-state index contributed by atoms with van der Waals surface area (Å²) >= 11 is 0. The summed E-state index contributed by atoms with van der Waals surface area (Å²) in [4.78, 5) is 14.5. The first-order chi connectivity index (χ1) is 5.15. The molecular formula is C8H16N2O. The molecule has 64 valence electrons. The lowest BCUT2D eigenvalue weighted by Crippen LogP contribution is -2.34. The minimum absolute atomic E-state index is 0.542. The number of hydrogen-bond donors (Lipinski definition) is 0. The Morgan fingerprint density at radius 2 is 2.09 bits per heavy atom. The van der Waals surface area contributed by atoms with Crippen molar-refractivity contribution in [3.63, 3.8) is 0 Å². The number of amides is 1. The van der Waals surface area contributed by atoms with Crippen LogP contribution in [0.1, 0.15) is 6.92 Å². The molecule has 0 aromatic heterocycles. The lowest BCUT2D eigenvalue weighted by Gasteiger charge is -2.21. The smallest absolute Gasteiger partial charge is 0.209 e. The number of carbonyl (C=O) groups is 1. The quantitative estimate of drug-likeness (QED) is 0.526. The molecule has 1 saturated heterocycles. The molecule has 1 rings (SSSR count). The molecule has 1 fully saturated rings. The first-order valence-corrected chi connectivity index (χ1v) is 4.01. The minimum atomic E-state index is 0.542. The maximum Gasteiger partial charge on any atom is 0.209 e. The van der Waals surface area contributed by atoms with E-state index in [1.54, 1.807) is 0 Å². The number of nitrogens with zero attached hydrogens (tertiary/aromatic N) is 2. The number of carbonyl (C=O) groups excluding carboxylic acids is 1. The zero-order valence-electron chi connectivity index (χ0n) is 7.45. The highest BCUT2D eigenvalue weighted by Gasteiger charge is 2.29. The van der Waals surface area contributed by atoms with Crippen molar-refractivity contribution in [2.45, 2.75) is 13.0 Å². The van der Waals surface area contributed by atoms with Gasteiger partial charge in [0.05, 0.1) is 0 Å². The van der Waals surface area contributed by atoms with Crippen LogP contribution >= 0.6 is 0 Å². The van der Waals surface area contributed by atoms with Gasteiger partial charge in [-0.1, -0.05) is 6.92 Å². The fraction of sp³-hybridized carbons (Fsp3) is 0.875. The largest absolute Gasteiger partial charge is 0.343 e. The fourth-order valence-electron chi connectivity index (χ4n) is 1.74. The normalized spacial score (nSPS) is 31.5. The molecule has 1 aliphatic heterocycles. The predicted molar refractivity (Wildman–Crippen MR) is 44.3 cm³/mol. The van der Waals surface area contributed by atoms with E-state index < -0.39 is 0 Å². The van der Waals surface area contributed by atoms with Gasteiger partial charge in [-0.15, -0.1) is 0 Å². The second-order valence-corrected chi connectivity index (χ2v) is 3.57. The molecule has 0 aromatic carbocycles. The Balaban J connectivity index is 2.51. The Morgan fingerprint density at radius 1 is 1.45 bits per heavy atom. The molecule has 1 amide bonds. The molecule has 0 aliphatic carbocycles. The van der Waals surface area contributed by atoms with Gasteiger partial charge in [0.2, 0.25) is 6.41 Å². The van der Waals surface area contributed by atoms with E-state index >= 15 is 0 Å². The van der Waals surface area contributed by atoms with Gasteiger partial charge in [0, 0.05) is 19.1 Å². The average molecular weight is 156 g/mol. The monoisotopic (exact) mass is 156 g/mol. The fourth-order valence-corrected chi connectivity index (χ4v) is 1.74. The van der Waals surface area contributed by atoms with Crippen LogP contribution in [0.4, 0.5) is 0 Å². The molecular weight excluding hydrogens is 140 g/mol. The summed E-state index contributed by atoms with van der Waals surface area (Å²) in [6.45, 7) is 3.98. The zero-order chi connectivity index (χ0) is 8.43. The van der Waals surface area contributed by atoms with Crippen LogP contribution in [0.3, 0.4) is 0 Å². The molecule has 3 heteroatoms. The summed E-state index contributed by atoms with van der Waals surface area (Å²) in [7, 11) is 4.13. The van der Waals surface area contributed by atoms with Crippen molar-refractivity contribution in [2.24, 2.45) is 5.92 Å². The Labute approximate surface area is 68.0 Å². The van der Waals surface area contributed by atoms with Crippen molar-refractivity contribution in [1.82, 2.24) is 9.80 Å². The summed E-state index contributed by atoms with van der Waals surface area (Å²) in [5, 5.41) is 0. The zero-order valence-corrected chi connectivity index (χ0v) is 7.45. The predicted octanol–water partition coefficient (Wildman–Crippen LogP) is 0.0247. The molecule has 0 bridgehead atoms. The lowest BCUT2D eigenvalue weighted by molar-refractivity contribution is -0.117. The third-order valence-corrected chi connectivity index (χ3v) is 2.41. The molecule has 2 unspecified atom stereocenters. The van der Waals surface area contributed by atoms with Crippen molar-refractivity contribution in [3.05, 3.63) is 0 Å². The van der Waals surface area contributed by atoms with Gasteiger partial charge in [-0.25, -0.2) is 0 Å². The number of likely N-dealkylation sites (N-methyl/N-ethyl adjacent to an activating group) is 1. The Hall–Kier alpha value is -0.570. The second kappa shape index (κ2) is 3.22. The van der Waals surface area contributed by atoms with Crippen molar-refractivity contribution < 1.29 is 4.79 Å². The molecule has 1 aliphatic rings. The van der Waals surface area contributed by atoms with Crippen molar-refractivity contribution in [2.75, 3.05) is 27.2 Å². The summed E-state index contributed by atoms with van der Waals surface area (Å²) in [5.74, 6) is 0.607. The molecule has 2 atom stereocenters. The van der Waals surface area contributed by atoms with Crippen molar-refractivity contribution in [1.29, 1.82) is 0 Å². The van der Waals surface area contributed by atoms with Gasteiger partial charge in [0.25, 0.3) is 0 Å². The minimum Gasteiger partial charge on any atom is -0.343 e. The standard InChI is InChI=1S/C8H16N2O/c1-7-4-10(6-11)5-8(7)9(2)3/h6-8H,4-5H2,1-3H3. The number of likely N-dealkylation sites (tertiary alicyclic amines) is 1. The van der Waals surface area contributed by atoms with Crippen LogP contribution in [0.15, 0.2) is 0 Å². The second-order valence-electron chi connectivity index (χ2n) is 3.57. The van der Waals surface area contributed by atoms with E-state index in [9.17, 15) is 4.79 Å². The number of hydrogen-bond acceptors (Lipinski definition) is 2.